The van der Waals surface area contributed by atoms with E-state index in [1.165, 1.54) is 30.7 Å². The van der Waals surface area contributed by atoms with Crippen LogP contribution in [0.3, 0.4) is 0 Å². The molecule has 1 fully saturated rings. The van der Waals surface area contributed by atoms with Crippen LogP contribution < -0.4 is 15.4 Å². The first-order valence-corrected chi connectivity index (χ1v) is 10.2. The molecular formula is C17H25N3O7S. The molecule has 0 radical (unpaired) electrons. The highest BCUT2D eigenvalue weighted by Gasteiger charge is 2.34. The fourth-order valence-electron chi connectivity index (χ4n) is 2.59. The maximum absolute atomic E-state index is 12.9. The van der Waals surface area contributed by atoms with E-state index >= 15 is 0 Å². The van der Waals surface area contributed by atoms with Crippen LogP contribution in [-0.4, -0.2) is 77.8 Å². The van der Waals surface area contributed by atoms with E-state index in [1.54, 1.807) is 12.1 Å². The molecule has 0 spiro atoms. The molecule has 11 heteroatoms. The maximum atomic E-state index is 12.9. The fraction of sp³-hybridized carbons (Fsp3) is 0.529. The largest absolute Gasteiger partial charge is 0.497 e. The smallest absolute Gasteiger partial charge is 0.309 e. The number of hydrogen-bond donors (Lipinski definition) is 2. The summed E-state index contributed by atoms with van der Waals surface area (Å²) in [5.41, 5.74) is 0. The first-order valence-electron chi connectivity index (χ1n) is 8.72. The maximum Gasteiger partial charge on any atom is 0.309 e. The second kappa shape index (κ2) is 10.4. The van der Waals surface area contributed by atoms with E-state index in [0.717, 1.165) is 0 Å². The first kappa shape index (κ1) is 22.1. The zero-order valence-corrected chi connectivity index (χ0v) is 16.7. The first-order chi connectivity index (χ1) is 13.4. The van der Waals surface area contributed by atoms with Gasteiger partial charge >= 0.3 is 11.8 Å². The number of methoxy groups -OCH3 is 2. The molecule has 156 valence electrons. The lowest BCUT2D eigenvalue weighted by molar-refractivity contribution is -0.140. The molecule has 0 saturated carbocycles. The van der Waals surface area contributed by atoms with Crippen molar-refractivity contribution in [1.29, 1.82) is 0 Å². The summed E-state index contributed by atoms with van der Waals surface area (Å²) in [6.45, 7) is 0.926. The van der Waals surface area contributed by atoms with Crippen LogP contribution in [0, 0.1) is 0 Å². The Morgan fingerprint density at radius 2 is 1.86 bits per heavy atom. The zero-order valence-electron chi connectivity index (χ0n) is 15.8. The molecule has 1 saturated heterocycles. The molecule has 1 heterocycles. The van der Waals surface area contributed by atoms with Crippen molar-refractivity contribution < 1.29 is 32.2 Å². The number of ether oxygens (including phenoxy) is 3. The van der Waals surface area contributed by atoms with Crippen LogP contribution in [0.15, 0.2) is 29.2 Å². The van der Waals surface area contributed by atoms with Gasteiger partial charge in [0.25, 0.3) is 0 Å². The number of nitrogens with zero attached hydrogens (tertiary/aromatic N) is 1. The molecule has 0 aliphatic carbocycles. The van der Waals surface area contributed by atoms with Gasteiger partial charge in [0.05, 0.1) is 31.8 Å². The van der Waals surface area contributed by atoms with Gasteiger partial charge in [0, 0.05) is 20.2 Å². The molecule has 0 unspecified atom stereocenters. The summed E-state index contributed by atoms with van der Waals surface area (Å²) in [5.74, 6) is -1.15. The Labute approximate surface area is 164 Å². The van der Waals surface area contributed by atoms with Gasteiger partial charge in [-0.25, -0.2) is 8.42 Å². The predicted octanol–water partition coefficient (Wildman–Crippen LogP) is -0.689. The molecule has 1 aliphatic heterocycles. The van der Waals surface area contributed by atoms with Crippen molar-refractivity contribution in [2.45, 2.75) is 17.5 Å². The molecule has 0 bridgehead atoms. The fourth-order valence-corrected chi connectivity index (χ4v) is 4.16. The molecule has 28 heavy (non-hydrogen) atoms. The Balaban J connectivity index is 2.02. The Morgan fingerprint density at radius 3 is 2.50 bits per heavy atom. The van der Waals surface area contributed by atoms with Crippen molar-refractivity contribution in [3.63, 3.8) is 0 Å². The van der Waals surface area contributed by atoms with Gasteiger partial charge in [-0.15, -0.1) is 0 Å². The Morgan fingerprint density at radius 1 is 1.18 bits per heavy atom. The van der Waals surface area contributed by atoms with Crippen LogP contribution in [-0.2, 0) is 29.1 Å². The van der Waals surface area contributed by atoms with Gasteiger partial charge in [-0.3, -0.25) is 9.59 Å². The highest BCUT2D eigenvalue weighted by Crippen LogP contribution is 2.23. The number of hydrogen-bond acceptors (Lipinski definition) is 7. The molecule has 1 aromatic rings. The van der Waals surface area contributed by atoms with Crippen molar-refractivity contribution in [3.05, 3.63) is 24.3 Å². The molecule has 1 atom stereocenters. The number of sulfonamides is 1. The highest BCUT2D eigenvalue weighted by atomic mass is 32.2. The van der Waals surface area contributed by atoms with Crippen LogP contribution in [0.4, 0.5) is 0 Å². The third-order valence-electron chi connectivity index (χ3n) is 4.06. The van der Waals surface area contributed by atoms with Crippen molar-refractivity contribution in [3.8, 4) is 5.75 Å². The van der Waals surface area contributed by atoms with Crippen molar-refractivity contribution in [2.75, 3.05) is 47.1 Å². The molecule has 0 aromatic heterocycles. The number of nitrogens with one attached hydrogen (secondary N) is 2. The van der Waals surface area contributed by atoms with Gasteiger partial charge in [0.1, 0.15) is 12.0 Å². The molecule has 2 N–H and O–H groups in total. The van der Waals surface area contributed by atoms with Crippen molar-refractivity contribution in [2.24, 2.45) is 0 Å². The second-order valence-corrected chi connectivity index (χ2v) is 7.82. The minimum atomic E-state index is -3.84. The van der Waals surface area contributed by atoms with Gasteiger partial charge < -0.3 is 24.8 Å². The summed E-state index contributed by atoms with van der Waals surface area (Å²) in [6, 6.07) is 6.00. The molecular weight excluding hydrogens is 390 g/mol. The number of rotatable bonds is 8. The van der Waals surface area contributed by atoms with E-state index in [0.29, 0.717) is 18.8 Å². The Bertz CT molecular complexity index is 767. The normalized spacial score (nSPS) is 17.7. The van der Waals surface area contributed by atoms with E-state index in [1.807, 2.05) is 0 Å². The number of carbonyl (C=O) groups excluding carboxylic acids is 2. The topological polar surface area (TPSA) is 123 Å². The summed E-state index contributed by atoms with van der Waals surface area (Å²) < 4.78 is 42.4. The minimum absolute atomic E-state index is 0.0902. The standard InChI is InChI=1S/C17H25N3O7S/c1-25-11-8-18-16(21)17(22)19-12-15-20(9-3-10-27-15)28(23,24)14-6-4-13(26-2)5-7-14/h4-7,15H,3,8-12H2,1-2H3,(H,18,21)(H,19,22)/t15-/m1/s1. The van der Waals surface area contributed by atoms with E-state index in [-0.39, 0.29) is 31.1 Å². The van der Waals surface area contributed by atoms with Crippen molar-refractivity contribution in [1.82, 2.24) is 14.9 Å². The van der Waals surface area contributed by atoms with Gasteiger partial charge in [0.2, 0.25) is 10.0 Å². The quantitative estimate of drug-likeness (QED) is 0.426. The monoisotopic (exact) mass is 415 g/mol. The third kappa shape index (κ3) is 5.64. The molecule has 2 amide bonds. The Kier molecular flexibility index (Phi) is 8.18. The van der Waals surface area contributed by atoms with Crippen LogP contribution in [0.1, 0.15) is 6.42 Å². The van der Waals surface area contributed by atoms with E-state index in [4.69, 9.17) is 14.2 Å². The van der Waals surface area contributed by atoms with Crippen LogP contribution in [0.5, 0.6) is 5.75 Å². The van der Waals surface area contributed by atoms with Gasteiger partial charge in [-0.05, 0) is 30.7 Å². The predicted molar refractivity (Wildman–Crippen MR) is 99.1 cm³/mol. The molecule has 2 rings (SSSR count). The van der Waals surface area contributed by atoms with Gasteiger partial charge in [-0.1, -0.05) is 0 Å². The van der Waals surface area contributed by atoms with E-state index in [2.05, 4.69) is 10.6 Å². The summed E-state index contributed by atoms with van der Waals surface area (Å²) in [6.07, 6.45) is -0.381. The number of amides is 2. The summed E-state index contributed by atoms with van der Waals surface area (Å²) in [4.78, 5) is 23.7. The van der Waals surface area contributed by atoms with E-state index < -0.39 is 28.1 Å². The van der Waals surface area contributed by atoms with Crippen LogP contribution in [0.25, 0.3) is 0 Å². The van der Waals surface area contributed by atoms with Crippen LogP contribution >= 0.6 is 0 Å². The summed E-state index contributed by atoms with van der Waals surface area (Å²) in [5, 5.41) is 4.80. The van der Waals surface area contributed by atoms with Crippen LogP contribution in [0.2, 0.25) is 0 Å². The average Bonchev–Trinajstić information content (AvgIpc) is 2.72. The van der Waals surface area contributed by atoms with Gasteiger partial charge in [-0.2, -0.15) is 4.31 Å². The van der Waals surface area contributed by atoms with E-state index in [9.17, 15) is 18.0 Å². The molecule has 1 aliphatic rings. The Hall–Kier alpha value is -2.21. The average molecular weight is 415 g/mol. The lowest BCUT2D eigenvalue weighted by atomic mass is 10.3. The summed E-state index contributed by atoms with van der Waals surface area (Å²) >= 11 is 0. The number of carbonyl (C=O) groups is 2. The van der Waals surface area contributed by atoms with Gasteiger partial charge in [0.15, 0.2) is 0 Å². The zero-order chi connectivity index (χ0) is 20.6. The lowest BCUT2D eigenvalue weighted by Gasteiger charge is -2.34. The lowest BCUT2D eigenvalue weighted by Crippen LogP contribution is -2.53. The second-order valence-electron chi connectivity index (χ2n) is 5.93. The third-order valence-corrected chi connectivity index (χ3v) is 5.96. The highest BCUT2D eigenvalue weighted by molar-refractivity contribution is 7.89. The SMILES string of the molecule is COCCNC(=O)C(=O)NC[C@H]1OCCCN1S(=O)(=O)c1ccc(OC)cc1. The summed E-state index contributed by atoms with van der Waals surface area (Å²) in [7, 11) is -0.869. The molecule has 1 aromatic carbocycles. The number of benzene rings is 1. The minimum Gasteiger partial charge on any atom is -0.497 e. The molecule has 10 nitrogen and oxygen atoms in total. The van der Waals surface area contributed by atoms with Crippen molar-refractivity contribution >= 4 is 21.8 Å².